The maximum Gasteiger partial charge on any atom is 0.512 e. The second-order valence-electron chi connectivity index (χ2n) is 3.50. The van der Waals surface area contributed by atoms with E-state index in [-0.39, 0.29) is 0 Å². The number of methoxy groups -OCH3 is 1. The average molecular weight is 174 g/mol. The van der Waals surface area contributed by atoms with Crippen LogP contribution in [0.15, 0.2) is 0 Å². The molecular weight excluding hydrogens is 158 g/mol. The number of carbonyl (C=O) groups is 1. The van der Waals surface area contributed by atoms with Gasteiger partial charge < -0.3 is 9.47 Å². The quantitative estimate of drug-likeness (QED) is 0.462. The normalized spacial score (nSPS) is 20.5. The Kier molecular flexibility index (Phi) is 2.92. The molecule has 1 heterocycles. The largest absolute Gasteiger partial charge is 0.512 e. The number of hydrogen-bond acceptors (Lipinski definition) is 3. The van der Waals surface area contributed by atoms with Crippen molar-refractivity contribution < 1.29 is 18.8 Å². The van der Waals surface area contributed by atoms with E-state index in [4.69, 9.17) is 4.74 Å². The van der Waals surface area contributed by atoms with Gasteiger partial charge >= 0.3 is 6.16 Å². The molecule has 0 aromatic carbocycles. The van der Waals surface area contributed by atoms with Crippen molar-refractivity contribution >= 4 is 6.16 Å². The Balaban J connectivity index is 2.25. The van der Waals surface area contributed by atoms with Gasteiger partial charge in [0.1, 0.15) is 0 Å². The molecule has 0 aliphatic carbocycles. The number of nitrogens with zero attached hydrogens (tertiary/aromatic N) is 1. The zero-order valence-corrected chi connectivity index (χ0v) is 7.71. The molecular formula is C8H16NO3+. The predicted octanol–water partition coefficient (Wildman–Crippen LogP) is 0.967. The molecule has 1 rings (SSSR count). The van der Waals surface area contributed by atoms with E-state index in [0.29, 0.717) is 6.73 Å². The van der Waals surface area contributed by atoms with E-state index in [0.717, 1.165) is 17.6 Å². The summed E-state index contributed by atoms with van der Waals surface area (Å²) in [6.07, 6.45) is 1.86. The van der Waals surface area contributed by atoms with E-state index in [2.05, 4.69) is 11.8 Å². The minimum atomic E-state index is -0.582. The molecule has 0 amide bonds. The van der Waals surface area contributed by atoms with E-state index in [9.17, 15) is 4.79 Å². The summed E-state index contributed by atoms with van der Waals surface area (Å²) in [6, 6.07) is 0. The lowest BCUT2D eigenvalue weighted by molar-refractivity contribution is -0.914. The molecule has 0 spiro atoms. The molecule has 70 valence electrons. The van der Waals surface area contributed by atoms with Crippen molar-refractivity contribution in [1.29, 1.82) is 0 Å². The van der Waals surface area contributed by atoms with Gasteiger partial charge in [-0.3, -0.25) is 4.48 Å². The Labute approximate surface area is 72.6 Å². The Bertz CT molecular complexity index is 164. The predicted molar refractivity (Wildman–Crippen MR) is 43.5 cm³/mol. The Hall–Kier alpha value is -0.770. The topological polar surface area (TPSA) is 35.5 Å². The van der Waals surface area contributed by atoms with Crippen LogP contribution in [0.2, 0.25) is 0 Å². The second-order valence-corrected chi connectivity index (χ2v) is 3.50. The minimum absolute atomic E-state index is 0.437. The molecule has 0 bridgehead atoms. The first-order valence-electron chi connectivity index (χ1n) is 4.21. The molecule has 1 fully saturated rings. The molecule has 0 atom stereocenters. The first kappa shape index (κ1) is 9.32. The van der Waals surface area contributed by atoms with E-state index in [1.165, 1.54) is 20.0 Å². The van der Waals surface area contributed by atoms with Crippen LogP contribution in [-0.2, 0) is 9.47 Å². The third-order valence-corrected chi connectivity index (χ3v) is 2.31. The second kappa shape index (κ2) is 3.76. The lowest BCUT2D eigenvalue weighted by Crippen LogP contribution is -2.43. The molecule has 0 radical (unpaired) electrons. The lowest BCUT2D eigenvalue weighted by atomic mass is 10.4. The Morgan fingerprint density at radius 1 is 1.42 bits per heavy atom. The molecule has 1 saturated heterocycles. The standard InChI is InChI=1S/C8H16NO3/c1-9(5-3-4-6-9)7-12-8(10)11-2/h3-7H2,1-2H3/q+1. The van der Waals surface area contributed by atoms with Crippen LogP contribution in [0.5, 0.6) is 0 Å². The summed E-state index contributed by atoms with van der Waals surface area (Å²) in [5.74, 6) is 0. The van der Waals surface area contributed by atoms with Crippen LogP contribution in [0.3, 0.4) is 0 Å². The first-order chi connectivity index (χ1) is 5.66. The fraction of sp³-hybridized carbons (Fsp3) is 0.875. The highest BCUT2D eigenvalue weighted by Gasteiger charge is 2.28. The lowest BCUT2D eigenvalue weighted by Gasteiger charge is -2.27. The number of quaternary nitrogens is 1. The number of ether oxygens (including phenoxy) is 2. The highest BCUT2D eigenvalue weighted by Crippen LogP contribution is 2.15. The van der Waals surface area contributed by atoms with Crippen molar-refractivity contribution in [2.24, 2.45) is 0 Å². The summed E-state index contributed by atoms with van der Waals surface area (Å²) in [5.41, 5.74) is 0. The Morgan fingerprint density at radius 2 is 2.00 bits per heavy atom. The van der Waals surface area contributed by atoms with Gasteiger partial charge in [-0.2, -0.15) is 0 Å². The molecule has 0 aromatic rings. The molecule has 1 aliphatic rings. The summed E-state index contributed by atoms with van der Waals surface area (Å²) in [6.45, 7) is 2.63. The van der Waals surface area contributed by atoms with Gasteiger partial charge in [0.2, 0.25) is 6.73 Å². The zero-order valence-electron chi connectivity index (χ0n) is 7.71. The monoisotopic (exact) mass is 174 g/mol. The number of hydrogen-bond donors (Lipinski definition) is 0. The number of likely N-dealkylation sites (tertiary alicyclic amines) is 1. The third-order valence-electron chi connectivity index (χ3n) is 2.31. The van der Waals surface area contributed by atoms with E-state index in [1.54, 1.807) is 0 Å². The Morgan fingerprint density at radius 3 is 2.50 bits per heavy atom. The van der Waals surface area contributed by atoms with Crippen molar-refractivity contribution in [3.63, 3.8) is 0 Å². The highest BCUT2D eigenvalue weighted by atomic mass is 16.7. The smallest absolute Gasteiger partial charge is 0.437 e. The fourth-order valence-corrected chi connectivity index (χ4v) is 1.50. The van der Waals surface area contributed by atoms with Crippen LogP contribution < -0.4 is 0 Å². The molecule has 12 heavy (non-hydrogen) atoms. The molecule has 0 aromatic heterocycles. The van der Waals surface area contributed by atoms with Crippen LogP contribution in [0.1, 0.15) is 12.8 Å². The first-order valence-corrected chi connectivity index (χ1v) is 4.21. The van der Waals surface area contributed by atoms with Gasteiger partial charge in [0.15, 0.2) is 0 Å². The van der Waals surface area contributed by atoms with Crippen LogP contribution in [0, 0.1) is 0 Å². The number of carbonyl (C=O) groups excluding carboxylic acids is 1. The van der Waals surface area contributed by atoms with Crippen LogP contribution in [0.25, 0.3) is 0 Å². The van der Waals surface area contributed by atoms with Crippen molar-refractivity contribution in [3.8, 4) is 0 Å². The van der Waals surface area contributed by atoms with Gasteiger partial charge in [-0.1, -0.05) is 0 Å². The van der Waals surface area contributed by atoms with Gasteiger partial charge in [-0.15, -0.1) is 0 Å². The molecule has 0 saturated carbocycles. The minimum Gasteiger partial charge on any atom is -0.437 e. The summed E-state index contributed by atoms with van der Waals surface area (Å²) in [7, 11) is 3.42. The van der Waals surface area contributed by atoms with Gasteiger partial charge in [0.25, 0.3) is 0 Å². The van der Waals surface area contributed by atoms with Crippen molar-refractivity contribution in [1.82, 2.24) is 0 Å². The maximum absolute atomic E-state index is 10.7. The number of rotatable bonds is 2. The average Bonchev–Trinajstić information content (AvgIpc) is 2.49. The molecule has 4 nitrogen and oxygen atoms in total. The summed E-state index contributed by atoms with van der Waals surface area (Å²) >= 11 is 0. The molecule has 1 aliphatic heterocycles. The van der Waals surface area contributed by atoms with Gasteiger partial charge in [-0.25, -0.2) is 4.79 Å². The van der Waals surface area contributed by atoms with Gasteiger partial charge in [0.05, 0.1) is 27.2 Å². The van der Waals surface area contributed by atoms with Gasteiger partial charge in [0, 0.05) is 12.8 Å². The summed E-state index contributed by atoms with van der Waals surface area (Å²) in [5, 5.41) is 0. The van der Waals surface area contributed by atoms with E-state index >= 15 is 0 Å². The summed E-state index contributed by atoms with van der Waals surface area (Å²) in [4.78, 5) is 10.7. The SMILES string of the molecule is COC(=O)OC[N+]1(C)CCCC1. The maximum atomic E-state index is 10.7. The van der Waals surface area contributed by atoms with Gasteiger partial charge in [-0.05, 0) is 0 Å². The zero-order chi connectivity index (χ0) is 9.03. The third kappa shape index (κ3) is 2.37. The fourth-order valence-electron chi connectivity index (χ4n) is 1.50. The van der Waals surface area contributed by atoms with Crippen LogP contribution in [-0.4, -0.2) is 44.6 Å². The summed E-state index contributed by atoms with van der Waals surface area (Å²) < 4.78 is 10.1. The van der Waals surface area contributed by atoms with E-state index < -0.39 is 6.16 Å². The van der Waals surface area contributed by atoms with Crippen molar-refractivity contribution in [2.75, 3.05) is 34.0 Å². The van der Waals surface area contributed by atoms with Crippen molar-refractivity contribution in [2.45, 2.75) is 12.8 Å². The van der Waals surface area contributed by atoms with Crippen LogP contribution >= 0.6 is 0 Å². The molecule has 4 heteroatoms. The van der Waals surface area contributed by atoms with Crippen LogP contribution in [0.4, 0.5) is 4.79 Å². The van der Waals surface area contributed by atoms with Crippen molar-refractivity contribution in [3.05, 3.63) is 0 Å². The highest BCUT2D eigenvalue weighted by molar-refractivity contribution is 5.59. The molecule has 0 unspecified atom stereocenters. The van der Waals surface area contributed by atoms with E-state index in [1.807, 2.05) is 0 Å². The molecule has 0 N–H and O–H groups in total.